The highest BCUT2D eigenvalue weighted by atomic mass is 35.5. The van der Waals surface area contributed by atoms with Gasteiger partial charge in [-0.25, -0.2) is 0 Å². The summed E-state index contributed by atoms with van der Waals surface area (Å²) in [6, 6.07) is 6.65. The molecule has 1 aliphatic heterocycles. The van der Waals surface area contributed by atoms with Crippen LogP contribution in [-0.4, -0.2) is 60.1 Å². The predicted octanol–water partition coefficient (Wildman–Crippen LogP) is 2.09. The van der Waals surface area contributed by atoms with E-state index in [1.54, 1.807) is 0 Å². The van der Waals surface area contributed by atoms with Crippen LogP contribution in [0.25, 0.3) is 0 Å². The molecule has 166 valence electrons. The Balaban J connectivity index is 2.14. The summed E-state index contributed by atoms with van der Waals surface area (Å²) >= 11 is 7.60. The first kappa shape index (κ1) is 24.5. The average Bonchev–Trinajstić information content (AvgIpc) is 2.66. The molecule has 0 aromatic heterocycles. The van der Waals surface area contributed by atoms with Gasteiger partial charge in [-0.2, -0.15) is 0 Å². The van der Waals surface area contributed by atoms with Crippen LogP contribution in [0.3, 0.4) is 0 Å². The number of halogens is 1. The minimum absolute atomic E-state index is 0.144. The number of esters is 3. The Morgan fingerprint density at radius 1 is 1.07 bits per heavy atom. The summed E-state index contributed by atoms with van der Waals surface area (Å²) in [4.78, 5) is 34.4. The van der Waals surface area contributed by atoms with Crippen molar-refractivity contribution in [1.82, 2.24) is 0 Å². The van der Waals surface area contributed by atoms with E-state index in [-0.39, 0.29) is 6.61 Å². The van der Waals surface area contributed by atoms with Crippen LogP contribution in [0.1, 0.15) is 26.3 Å². The Morgan fingerprint density at radius 2 is 1.70 bits per heavy atom. The number of benzene rings is 1. The van der Waals surface area contributed by atoms with Gasteiger partial charge in [-0.3, -0.25) is 14.4 Å². The fourth-order valence-corrected chi connectivity index (χ4v) is 4.52. The lowest BCUT2D eigenvalue weighted by molar-refractivity contribution is -0.201. The number of rotatable bonds is 8. The Labute approximate surface area is 184 Å². The molecule has 2 rings (SSSR count). The van der Waals surface area contributed by atoms with E-state index < -0.39 is 47.7 Å². The molecule has 10 heteroatoms. The maximum absolute atomic E-state index is 11.6. The van der Waals surface area contributed by atoms with Crippen LogP contribution >= 0.6 is 23.4 Å². The maximum atomic E-state index is 11.6. The molecular weight excluding hydrogens is 434 g/mol. The van der Waals surface area contributed by atoms with E-state index in [0.717, 1.165) is 5.56 Å². The van der Waals surface area contributed by atoms with Gasteiger partial charge in [0.25, 0.3) is 0 Å². The summed E-state index contributed by atoms with van der Waals surface area (Å²) in [6.07, 6.45) is -1.92. The van der Waals surface area contributed by atoms with Crippen LogP contribution in [0, 0.1) is 0 Å². The van der Waals surface area contributed by atoms with Crippen LogP contribution in [-0.2, 0) is 39.8 Å². The van der Waals surface area contributed by atoms with Gasteiger partial charge in [-0.15, -0.1) is 11.8 Å². The first-order valence-electron chi connectivity index (χ1n) is 9.43. The largest absolute Gasteiger partial charge is 0.463 e. The molecule has 2 N–H and O–H groups in total. The van der Waals surface area contributed by atoms with Gasteiger partial charge in [0.15, 0.2) is 6.10 Å². The highest BCUT2D eigenvalue weighted by Gasteiger charge is 2.48. The van der Waals surface area contributed by atoms with E-state index >= 15 is 0 Å². The highest BCUT2D eigenvalue weighted by Crippen LogP contribution is 2.32. The topological polar surface area (TPSA) is 114 Å². The van der Waals surface area contributed by atoms with Gasteiger partial charge in [0.1, 0.15) is 24.3 Å². The number of hydrogen-bond acceptors (Lipinski definition) is 9. The number of thioether (sulfide) groups is 1. The Kier molecular flexibility index (Phi) is 9.41. The summed E-state index contributed by atoms with van der Waals surface area (Å²) in [7, 11) is 0. The fraction of sp³-hybridized carbons (Fsp3) is 0.550. The first-order valence-corrected chi connectivity index (χ1v) is 10.9. The number of hydrogen-bond donors (Lipinski definition) is 1. The number of carbonyl (C=O) groups excluding carboxylic acids is 3. The lowest BCUT2D eigenvalue weighted by Crippen LogP contribution is -2.63. The zero-order valence-electron chi connectivity index (χ0n) is 17.0. The number of ether oxygens (including phenoxy) is 4. The van der Waals surface area contributed by atoms with Crippen molar-refractivity contribution in [3.8, 4) is 0 Å². The lowest BCUT2D eigenvalue weighted by atomic mass is 9.97. The Bertz CT molecular complexity index is 760. The van der Waals surface area contributed by atoms with E-state index in [4.69, 9.17) is 36.3 Å². The van der Waals surface area contributed by atoms with Gasteiger partial charge in [0.05, 0.1) is 6.04 Å². The van der Waals surface area contributed by atoms with Crippen molar-refractivity contribution in [3.05, 3.63) is 34.9 Å². The number of aryl methyl sites for hydroxylation is 1. The van der Waals surface area contributed by atoms with E-state index in [1.807, 2.05) is 24.3 Å². The molecular formula is C20H26ClNO7S. The zero-order chi connectivity index (χ0) is 22.3. The highest BCUT2D eigenvalue weighted by molar-refractivity contribution is 7.99. The second-order valence-electron chi connectivity index (χ2n) is 6.78. The normalized spacial score (nSPS) is 26.0. The van der Waals surface area contributed by atoms with Crippen LogP contribution < -0.4 is 5.73 Å². The molecule has 1 aromatic rings. The number of nitrogens with two attached hydrogens (primary N) is 1. The molecule has 1 saturated heterocycles. The van der Waals surface area contributed by atoms with Gasteiger partial charge in [-0.1, -0.05) is 29.8 Å². The summed E-state index contributed by atoms with van der Waals surface area (Å²) in [5.41, 5.74) is 6.64. The van der Waals surface area contributed by atoms with Crippen LogP contribution in [0.2, 0.25) is 5.02 Å². The average molecular weight is 460 g/mol. The monoisotopic (exact) mass is 459 g/mol. The molecule has 0 aliphatic carbocycles. The molecule has 0 amide bonds. The molecule has 8 nitrogen and oxygen atoms in total. The first-order chi connectivity index (χ1) is 14.2. The SMILES string of the molecule is CC(=O)OCC1OC(SCCc2ccccc2Cl)C(OC(C)=O)C(N)C1OC(C)=O. The van der Waals surface area contributed by atoms with E-state index in [1.165, 1.54) is 32.5 Å². The summed E-state index contributed by atoms with van der Waals surface area (Å²) in [6.45, 7) is 3.63. The third-order valence-electron chi connectivity index (χ3n) is 4.37. The molecule has 1 aliphatic rings. The Hall–Kier alpha value is -1.81. The molecule has 1 fully saturated rings. The van der Waals surface area contributed by atoms with Crippen molar-refractivity contribution in [2.45, 2.75) is 57.0 Å². The summed E-state index contributed by atoms with van der Waals surface area (Å²) < 4.78 is 21.8. The molecule has 0 bridgehead atoms. The third-order valence-corrected chi connectivity index (χ3v) is 5.89. The zero-order valence-corrected chi connectivity index (χ0v) is 18.6. The van der Waals surface area contributed by atoms with Gasteiger partial charge >= 0.3 is 17.9 Å². The van der Waals surface area contributed by atoms with Crippen molar-refractivity contribution in [2.24, 2.45) is 5.73 Å². The molecule has 5 atom stereocenters. The summed E-state index contributed by atoms with van der Waals surface area (Å²) in [5, 5.41) is 0.665. The van der Waals surface area contributed by atoms with Crippen LogP contribution in [0.4, 0.5) is 0 Å². The smallest absolute Gasteiger partial charge is 0.303 e. The van der Waals surface area contributed by atoms with Crippen molar-refractivity contribution in [2.75, 3.05) is 12.4 Å². The molecule has 0 radical (unpaired) electrons. The van der Waals surface area contributed by atoms with Gasteiger partial charge < -0.3 is 24.7 Å². The second kappa shape index (κ2) is 11.5. The molecule has 1 heterocycles. The van der Waals surface area contributed by atoms with Gasteiger partial charge in [0, 0.05) is 31.5 Å². The van der Waals surface area contributed by atoms with Crippen molar-refractivity contribution >= 4 is 41.3 Å². The lowest BCUT2D eigenvalue weighted by Gasteiger charge is -2.43. The van der Waals surface area contributed by atoms with E-state index in [2.05, 4.69) is 0 Å². The molecule has 30 heavy (non-hydrogen) atoms. The van der Waals surface area contributed by atoms with Gasteiger partial charge in [-0.05, 0) is 18.1 Å². The summed E-state index contributed by atoms with van der Waals surface area (Å²) in [5.74, 6) is -0.995. The van der Waals surface area contributed by atoms with Crippen molar-refractivity contribution in [1.29, 1.82) is 0 Å². The van der Waals surface area contributed by atoms with Crippen molar-refractivity contribution < 1.29 is 33.3 Å². The van der Waals surface area contributed by atoms with E-state index in [0.29, 0.717) is 17.2 Å². The van der Waals surface area contributed by atoms with Crippen LogP contribution in [0.15, 0.2) is 24.3 Å². The predicted molar refractivity (Wildman–Crippen MR) is 112 cm³/mol. The minimum atomic E-state index is -0.938. The third kappa shape index (κ3) is 7.16. The van der Waals surface area contributed by atoms with Gasteiger partial charge in [0.2, 0.25) is 0 Å². The minimum Gasteiger partial charge on any atom is -0.463 e. The molecule has 0 saturated carbocycles. The second-order valence-corrected chi connectivity index (χ2v) is 8.40. The van der Waals surface area contributed by atoms with Crippen molar-refractivity contribution in [3.63, 3.8) is 0 Å². The quantitative estimate of drug-likeness (QED) is 0.461. The number of carbonyl (C=O) groups is 3. The van der Waals surface area contributed by atoms with E-state index in [9.17, 15) is 14.4 Å². The maximum Gasteiger partial charge on any atom is 0.303 e. The Morgan fingerprint density at radius 3 is 2.30 bits per heavy atom. The fourth-order valence-electron chi connectivity index (χ4n) is 3.07. The molecule has 5 unspecified atom stereocenters. The van der Waals surface area contributed by atoms with Crippen LogP contribution in [0.5, 0.6) is 0 Å². The standard InChI is InChI=1S/C20H26ClNO7S/c1-11(23)26-10-16-18(27-12(2)24)17(22)19(28-13(3)25)20(29-16)30-9-8-14-6-4-5-7-15(14)21/h4-7,16-20H,8-10,22H2,1-3H3. The molecule has 0 spiro atoms. The molecule has 1 aromatic carbocycles.